The first-order valence-electron chi connectivity index (χ1n) is 5.44. The van der Waals surface area contributed by atoms with Crippen LogP contribution < -0.4 is 11.1 Å². The summed E-state index contributed by atoms with van der Waals surface area (Å²) in [6.45, 7) is 0. The molecule has 0 bridgehead atoms. The van der Waals surface area contributed by atoms with E-state index in [0.29, 0.717) is 12.8 Å². The van der Waals surface area contributed by atoms with Crippen LogP contribution in [0.3, 0.4) is 0 Å². The minimum atomic E-state index is -0.895. The predicted molar refractivity (Wildman–Crippen MR) is 62.5 cm³/mol. The Hall–Kier alpha value is -1.95. The van der Waals surface area contributed by atoms with Crippen molar-refractivity contribution in [1.29, 1.82) is 0 Å². The van der Waals surface area contributed by atoms with Crippen LogP contribution in [0.25, 0.3) is 0 Å². The number of benzene rings is 1. The maximum atomic E-state index is 13.5. The molecular formula is C12H13FN2O3. The van der Waals surface area contributed by atoms with Gasteiger partial charge in [0, 0.05) is 0 Å². The first-order valence-corrected chi connectivity index (χ1v) is 5.44. The van der Waals surface area contributed by atoms with E-state index >= 15 is 0 Å². The number of halogens is 1. The molecule has 1 aromatic rings. The Morgan fingerprint density at radius 3 is 2.67 bits per heavy atom. The van der Waals surface area contributed by atoms with Crippen molar-refractivity contribution in [2.24, 2.45) is 5.73 Å². The molecule has 0 saturated heterocycles. The Morgan fingerprint density at radius 1 is 1.44 bits per heavy atom. The van der Waals surface area contributed by atoms with E-state index in [-0.39, 0.29) is 11.3 Å². The number of esters is 1. The number of rotatable bonds is 3. The molecule has 5 nitrogen and oxygen atoms in total. The standard InChI is InChI=1S/C12H13FN2O3/c1-18-10(16)7-2-3-8(13)9(6-7)15-11(17)12(14)4-5-12/h2-3,6H,4-5,14H2,1H3,(H,15,17). The Morgan fingerprint density at radius 2 is 2.11 bits per heavy atom. The Kier molecular flexibility index (Phi) is 3.04. The van der Waals surface area contributed by atoms with Crippen molar-refractivity contribution in [3.05, 3.63) is 29.6 Å². The second-order valence-corrected chi connectivity index (χ2v) is 4.30. The number of amides is 1. The molecular weight excluding hydrogens is 239 g/mol. The van der Waals surface area contributed by atoms with E-state index in [4.69, 9.17) is 5.73 Å². The van der Waals surface area contributed by atoms with Crippen molar-refractivity contribution in [3.63, 3.8) is 0 Å². The van der Waals surface area contributed by atoms with Gasteiger partial charge in [-0.15, -0.1) is 0 Å². The summed E-state index contributed by atoms with van der Waals surface area (Å²) in [6.07, 6.45) is 1.16. The third kappa shape index (κ3) is 2.33. The van der Waals surface area contributed by atoms with Crippen molar-refractivity contribution in [2.75, 3.05) is 12.4 Å². The highest BCUT2D eigenvalue weighted by Crippen LogP contribution is 2.33. The number of hydrogen-bond acceptors (Lipinski definition) is 4. The molecule has 1 fully saturated rings. The molecule has 1 aliphatic rings. The zero-order valence-corrected chi connectivity index (χ0v) is 9.83. The number of hydrogen-bond donors (Lipinski definition) is 2. The summed E-state index contributed by atoms with van der Waals surface area (Å²) in [5, 5.41) is 2.39. The van der Waals surface area contributed by atoms with Crippen molar-refractivity contribution in [2.45, 2.75) is 18.4 Å². The summed E-state index contributed by atoms with van der Waals surface area (Å²) in [5.74, 6) is -1.66. The van der Waals surface area contributed by atoms with Crippen LogP contribution >= 0.6 is 0 Å². The summed E-state index contributed by atoms with van der Waals surface area (Å²) in [4.78, 5) is 23.0. The second kappa shape index (κ2) is 4.38. The third-order valence-electron chi connectivity index (χ3n) is 2.88. The lowest BCUT2D eigenvalue weighted by Crippen LogP contribution is -2.38. The zero-order chi connectivity index (χ0) is 13.3. The molecule has 1 amide bonds. The average Bonchev–Trinajstić information content (AvgIpc) is 3.10. The second-order valence-electron chi connectivity index (χ2n) is 4.30. The minimum Gasteiger partial charge on any atom is -0.465 e. The first-order chi connectivity index (χ1) is 8.46. The SMILES string of the molecule is COC(=O)c1ccc(F)c(NC(=O)C2(N)CC2)c1. The fourth-order valence-electron chi connectivity index (χ4n) is 1.47. The van der Waals surface area contributed by atoms with E-state index in [9.17, 15) is 14.0 Å². The third-order valence-corrected chi connectivity index (χ3v) is 2.88. The summed E-state index contributed by atoms with van der Waals surface area (Å²) in [7, 11) is 1.23. The normalized spacial score (nSPS) is 15.9. The van der Waals surface area contributed by atoms with Crippen LogP contribution in [0.2, 0.25) is 0 Å². The lowest BCUT2D eigenvalue weighted by Gasteiger charge is -2.11. The molecule has 0 radical (unpaired) electrons. The number of ether oxygens (including phenoxy) is 1. The lowest BCUT2D eigenvalue weighted by atomic mass is 10.2. The van der Waals surface area contributed by atoms with Gasteiger partial charge in [-0.1, -0.05) is 0 Å². The van der Waals surface area contributed by atoms with Gasteiger partial charge in [-0.2, -0.15) is 0 Å². The monoisotopic (exact) mass is 252 g/mol. The van der Waals surface area contributed by atoms with E-state index < -0.39 is 23.2 Å². The van der Waals surface area contributed by atoms with E-state index in [1.54, 1.807) is 0 Å². The van der Waals surface area contributed by atoms with E-state index in [1.807, 2.05) is 0 Å². The van der Waals surface area contributed by atoms with Crippen LogP contribution in [0.4, 0.5) is 10.1 Å². The first kappa shape index (κ1) is 12.5. The van der Waals surface area contributed by atoms with Crippen molar-refractivity contribution < 1.29 is 18.7 Å². The van der Waals surface area contributed by atoms with Gasteiger partial charge < -0.3 is 15.8 Å². The molecule has 0 atom stereocenters. The molecule has 0 spiro atoms. The van der Waals surface area contributed by atoms with Gasteiger partial charge in [0.15, 0.2) is 0 Å². The molecule has 1 aliphatic carbocycles. The highest BCUT2D eigenvalue weighted by molar-refractivity contribution is 6.01. The topological polar surface area (TPSA) is 81.4 Å². The molecule has 1 aromatic carbocycles. The fourth-order valence-corrected chi connectivity index (χ4v) is 1.47. The van der Waals surface area contributed by atoms with Crippen LogP contribution in [0.5, 0.6) is 0 Å². The molecule has 0 heterocycles. The highest BCUT2D eigenvalue weighted by atomic mass is 19.1. The van der Waals surface area contributed by atoms with Gasteiger partial charge in [-0.05, 0) is 31.0 Å². The van der Waals surface area contributed by atoms with Crippen LogP contribution in [0, 0.1) is 5.82 Å². The Bertz CT molecular complexity index is 512. The fraction of sp³-hybridized carbons (Fsp3) is 0.333. The predicted octanol–water partition coefficient (Wildman–Crippen LogP) is 1.04. The summed E-state index contributed by atoms with van der Waals surface area (Å²) < 4.78 is 18.0. The largest absolute Gasteiger partial charge is 0.465 e. The number of carbonyl (C=O) groups excluding carboxylic acids is 2. The Balaban J connectivity index is 2.21. The van der Waals surface area contributed by atoms with Gasteiger partial charge in [0.25, 0.3) is 0 Å². The number of nitrogens with one attached hydrogen (secondary N) is 1. The van der Waals surface area contributed by atoms with Gasteiger partial charge in [0.1, 0.15) is 5.82 Å². The van der Waals surface area contributed by atoms with Crippen molar-refractivity contribution >= 4 is 17.6 Å². The quantitative estimate of drug-likeness (QED) is 0.787. The highest BCUT2D eigenvalue weighted by Gasteiger charge is 2.46. The van der Waals surface area contributed by atoms with E-state index in [2.05, 4.69) is 10.1 Å². The van der Waals surface area contributed by atoms with E-state index in [0.717, 1.165) is 6.07 Å². The summed E-state index contributed by atoms with van der Waals surface area (Å²) >= 11 is 0. The number of nitrogens with two attached hydrogens (primary N) is 1. The van der Waals surface area contributed by atoms with Gasteiger partial charge in [-0.25, -0.2) is 9.18 Å². The van der Waals surface area contributed by atoms with Gasteiger partial charge in [0.05, 0.1) is 23.9 Å². The van der Waals surface area contributed by atoms with Crippen molar-refractivity contribution in [3.8, 4) is 0 Å². The van der Waals surface area contributed by atoms with Gasteiger partial charge in [-0.3, -0.25) is 4.79 Å². The summed E-state index contributed by atoms with van der Waals surface area (Å²) in [5.41, 5.74) is 4.88. The number of methoxy groups -OCH3 is 1. The molecule has 0 aromatic heterocycles. The molecule has 1 saturated carbocycles. The van der Waals surface area contributed by atoms with Crippen molar-refractivity contribution in [1.82, 2.24) is 0 Å². The molecule has 3 N–H and O–H groups in total. The van der Waals surface area contributed by atoms with Gasteiger partial charge in [0.2, 0.25) is 5.91 Å². The van der Waals surface area contributed by atoms with Crippen LogP contribution in [-0.4, -0.2) is 24.5 Å². The lowest BCUT2D eigenvalue weighted by molar-refractivity contribution is -0.118. The maximum Gasteiger partial charge on any atom is 0.337 e. The smallest absolute Gasteiger partial charge is 0.337 e. The summed E-state index contributed by atoms with van der Waals surface area (Å²) in [6, 6.07) is 3.61. The zero-order valence-electron chi connectivity index (χ0n) is 9.83. The van der Waals surface area contributed by atoms with Crippen LogP contribution in [-0.2, 0) is 9.53 Å². The van der Waals surface area contributed by atoms with Crippen LogP contribution in [0.15, 0.2) is 18.2 Å². The molecule has 18 heavy (non-hydrogen) atoms. The average molecular weight is 252 g/mol. The minimum absolute atomic E-state index is 0.0698. The number of carbonyl (C=O) groups is 2. The molecule has 2 rings (SSSR count). The maximum absolute atomic E-state index is 13.5. The van der Waals surface area contributed by atoms with E-state index in [1.165, 1.54) is 19.2 Å². The molecule has 96 valence electrons. The molecule has 0 unspecified atom stereocenters. The molecule has 0 aliphatic heterocycles. The van der Waals surface area contributed by atoms with Crippen LogP contribution in [0.1, 0.15) is 23.2 Å². The Labute approximate surface area is 103 Å². The van der Waals surface area contributed by atoms with Gasteiger partial charge >= 0.3 is 5.97 Å². The molecule has 6 heteroatoms. The number of anilines is 1.